The Hall–Kier alpha value is -1.51. The van der Waals surface area contributed by atoms with Crippen molar-refractivity contribution in [3.8, 4) is 6.07 Å². The van der Waals surface area contributed by atoms with Crippen molar-refractivity contribution in [3.05, 3.63) is 35.4 Å². The van der Waals surface area contributed by atoms with Crippen molar-refractivity contribution >= 4 is 0 Å². The molecular weight excluding hydrogens is 236 g/mol. The van der Waals surface area contributed by atoms with E-state index in [2.05, 4.69) is 16.3 Å². The lowest BCUT2D eigenvalue weighted by Gasteiger charge is -2.34. The van der Waals surface area contributed by atoms with Gasteiger partial charge in [0.1, 0.15) is 11.6 Å². The number of nitrogens with one attached hydrogen (secondary N) is 1. The summed E-state index contributed by atoms with van der Waals surface area (Å²) in [6.07, 6.45) is 0.211. The number of nitriles is 1. The number of piperazine rings is 1. The Bertz CT molecular complexity index is 450. The van der Waals surface area contributed by atoms with Crippen molar-refractivity contribution in [1.82, 2.24) is 10.2 Å². The molecule has 0 unspecified atom stereocenters. The summed E-state index contributed by atoms with van der Waals surface area (Å²) in [6, 6.07) is 5.35. The first kappa shape index (κ1) is 12.9. The molecule has 0 amide bonds. The highest BCUT2D eigenvalue weighted by atomic mass is 19.1. The summed E-state index contributed by atoms with van der Waals surface area (Å²) in [6.45, 7) is 3.18. The zero-order chi connectivity index (χ0) is 13.0. The number of hydrogen-bond acceptors (Lipinski definition) is 3. The minimum absolute atomic E-state index is 0.211. The Morgan fingerprint density at radius 3 is 2.67 bits per heavy atom. The molecule has 0 aromatic heterocycles. The second kappa shape index (κ2) is 5.89. The molecule has 1 fully saturated rings. The molecule has 1 N–H and O–H groups in total. The predicted molar refractivity (Wildman–Crippen MR) is 63.8 cm³/mol. The van der Waals surface area contributed by atoms with Gasteiger partial charge < -0.3 is 5.32 Å². The van der Waals surface area contributed by atoms with Gasteiger partial charge >= 0.3 is 0 Å². The lowest BCUT2D eigenvalue weighted by molar-refractivity contribution is 0.172. The van der Waals surface area contributed by atoms with E-state index < -0.39 is 11.6 Å². The van der Waals surface area contributed by atoms with E-state index >= 15 is 0 Å². The molecule has 0 saturated carbocycles. The smallest absolute Gasteiger partial charge is 0.130 e. The van der Waals surface area contributed by atoms with Crippen LogP contribution >= 0.6 is 0 Å². The van der Waals surface area contributed by atoms with Gasteiger partial charge in [-0.05, 0) is 6.07 Å². The van der Waals surface area contributed by atoms with E-state index in [1.165, 1.54) is 12.1 Å². The SMILES string of the molecule is N#CC[C@H](c1ccc(F)cc1F)N1CCNCC1. The van der Waals surface area contributed by atoms with Crippen LogP contribution in [0.1, 0.15) is 18.0 Å². The van der Waals surface area contributed by atoms with Crippen molar-refractivity contribution in [2.75, 3.05) is 26.2 Å². The van der Waals surface area contributed by atoms with Gasteiger partial charge in [-0.25, -0.2) is 8.78 Å². The molecule has 18 heavy (non-hydrogen) atoms. The first-order valence-electron chi connectivity index (χ1n) is 5.99. The van der Waals surface area contributed by atoms with E-state index in [1.807, 2.05) is 0 Å². The lowest BCUT2D eigenvalue weighted by Crippen LogP contribution is -2.45. The molecule has 3 nitrogen and oxygen atoms in total. The summed E-state index contributed by atoms with van der Waals surface area (Å²) >= 11 is 0. The van der Waals surface area contributed by atoms with Gasteiger partial charge in [0.05, 0.1) is 18.5 Å². The van der Waals surface area contributed by atoms with Gasteiger partial charge in [0.15, 0.2) is 0 Å². The third kappa shape index (κ3) is 2.84. The maximum atomic E-state index is 13.8. The average Bonchev–Trinajstić information content (AvgIpc) is 2.38. The number of nitrogens with zero attached hydrogens (tertiary/aromatic N) is 2. The Labute approximate surface area is 105 Å². The summed E-state index contributed by atoms with van der Waals surface area (Å²) in [5.41, 5.74) is 0.403. The highest BCUT2D eigenvalue weighted by Crippen LogP contribution is 2.27. The van der Waals surface area contributed by atoms with Crippen LogP contribution < -0.4 is 5.32 Å². The fourth-order valence-electron chi connectivity index (χ4n) is 2.29. The Morgan fingerprint density at radius 1 is 1.33 bits per heavy atom. The van der Waals surface area contributed by atoms with Gasteiger partial charge in [0, 0.05) is 37.8 Å². The van der Waals surface area contributed by atoms with Gasteiger partial charge in [-0.3, -0.25) is 4.90 Å². The van der Waals surface area contributed by atoms with Crippen LogP contribution in [0.2, 0.25) is 0 Å². The first-order chi connectivity index (χ1) is 8.72. The molecule has 1 atom stereocenters. The largest absolute Gasteiger partial charge is 0.314 e. The molecule has 1 aromatic carbocycles. The normalized spacial score (nSPS) is 18.3. The lowest BCUT2D eigenvalue weighted by atomic mass is 10.0. The average molecular weight is 251 g/mol. The van der Waals surface area contributed by atoms with Gasteiger partial charge in [-0.2, -0.15) is 5.26 Å². The Balaban J connectivity index is 2.25. The maximum Gasteiger partial charge on any atom is 0.130 e. The van der Waals surface area contributed by atoms with E-state index in [0.29, 0.717) is 5.56 Å². The van der Waals surface area contributed by atoms with E-state index in [4.69, 9.17) is 5.26 Å². The molecule has 1 heterocycles. The number of halogens is 2. The molecule has 1 aromatic rings. The quantitative estimate of drug-likeness (QED) is 0.890. The molecule has 1 aliphatic heterocycles. The highest BCUT2D eigenvalue weighted by molar-refractivity contribution is 5.23. The second-order valence-corrected chi connectivity index (χ2v) is 4.33. The van der Waals surface area contributed by atoms with Crippen molar-refractivity contribution in [3.63, 3.8) is 0 Å². The minimum atomic E-state index is -0.590. The topological polar surface area (TPSA) is 39.1 Å². The van der Waals surface area contributed by atoms with Crippen molar-refractivity contribution in [1.29, 1.82) is 5.26 Å². The van der Waals surface area contributed by atoms with E-state index in [0.717, 1.165) is 32.2 Å². The fraction of sp³-hybridized carbons (Fsp3) is 0.462. The van der Waals surface area contributed by atoms with Crippen LogP contribution in [0.25, 0.3) is 0 Å². The molecule has 1 saturated heterocycles. The van der Waals surface area contributed by atoms with Crippen LogP contribution in [0.3, 0.4) is 0 Å². The van der Waals surface area contributed by atoms with Gasteiger partial charge in [-0.15, -0.1) is 0 Å². The van der Waals surface area contributed by atoms with Crippen LogP contribution in [0.15, 0.2) is 18.2 Å². The summed E-state index contributed by atoms with van der Waals surface area (Å²) in [4.78, 5) is 2.07. The second-order valence-electron chi connectivity index (χ2n) is 4.33. The third-order valence-corrected chi connectivity index (χ3v) is 3.20. The number of benzene rings is 1. The van der Waals surface area contributed by atoms with Crippen molar-refractivity contribution < 1.29 is 8.78 Å². The number of hydrogen-bond donors (Lipinski definition) is 1. The highest BCUT2D eigenvalue weighted by Gasteiger charge is 2.24. The van der Waals surface area contributed by atoms with E-state index in [-0.39, 0.29) is 12.5 Å². The molecule has 96 valence electrons. The van der Waals surface area contributed by atoms with Gasteiger partial charge in [-0.1, -0.05) is 6.07 Å². The molecule has 0 spiro atoms. The summed E-state index contributed by atoms with van der Waals surface area (Å²) in [5.74, 6) is -1.17. The van der Waals surface area contributed by atoms with Crippen LogP contribution in [-0.4, -0.2) is 31.1 Å². The fourth-order valence-corrected chi connectivity index (χ4v) is 2.29. The zero-order valence-electron chi connectivity index (χ0n) is 10.00. The van der Waals surface area contributed by atoms with Crippen LogP contribution in [0.4, 0.5) is 8.78 Å². The minimum Gasteiger partial charge on any atom is -0.314 e. The summed E-state index contributed by atoms with van der Waals surface area (Å²) in [5, 5.41) is 12.1. The summed E-state index contributed by atoms with van der Waals surface area (Å²) in [7, 11) is 0. The standard InChI is InChI=1S/C13H15F2N3/c14-10-1-2-11(12(15)9-10)13(3-4-16)18-7-5-17-6-8-18/h1-2,9,13,17H,3,5-8H2/t13-/m1/s1. The molecule has 0 radical (unpaired) electrons. The molecule has 2 rings (SSSR count). The zero-order valence-corrected chi connectivity index (χ0v) is 10.00. The molecule has 0 aliphatic carbocycles. The molecule has 1 aliphatic rings. The molecule has 0 bridgehead atoms. The molecule has 5 heteroatoms. The van der Waals surface area contributed by atoms with Gasteiger partial charge in [0.2, 0.25) is 0 Å². The molecular formula is C13H15F2N3. The van der Waals surface area contributed by atoms with E-state index in [9.17, 15) is 8.78 Å². The van der Waals surface area contributed by atoms with Crippen molar-refractivity contribution in [2.24, 2.45) is 0 Å². The van der Waals surface area contributed by atoms with E-state index in [1.54, 1.807) is 0 Å². The maximum absolute atomic E-state index is 13.8. The van der Waals surface area contributed by atoms with Gasteiger partial charge in [0.25, 0.3) is 0 Å². The Morgan fingerprint density at radius 2 is 2.06 bits per heavy atom. The van der Waals surface area contributed by atoms with Crippen LogP contribution in [0.5, 0.6) is 0 Å². The van der Waals surface area contributed by atoms with Crippen LogP contribution in [-0.2, 0) is 0 Å². The monoisotopic (exact) mass is 251 g/mol. The first-order valence-corrected chi connectivity index (χ1v) is 5.99. The van der Waals surface area contributed by atoms with Crippen molar-refractivity contribution in [2.45, 2.75) is 12.5 Å². The van der Waals surface area contributed by atoms with Crippen LogP contribution in [0, 0.1) is 23.0 Å². The Kier molecular flexibility index (Phi) is 4.24. The predicted octanol–water partition coefficient (Wildman–Crippen LogP) is 1.82. The number of rotatable bonds is 3. The summed E-state index contributed by atoms with van der Waals surface area (Å²) < 4.78 is 26.7. The third-order valence-electron chi connectivity index (χ3n) is 3.20.